The number of rotatable bonds is 9. The highest BCUT2D eigenvalue weighted by atomic mass is 16.5. The predicted molar refractivity (Wildman–Crippen MR) is 113 cm³/mol. The third kappa shape index (κ3) is 6.84. The van der Waals surface area contributed by atoms with Crippen molar-refractivity contribution in [3.63, 3.8) is 0 Å². The molecule has 2 rings (SSSR count). The molecule has 0 heterocycles. The summed E-state index contributed by atoms with van der Waals surface area (Å²) in [6.07, 6.45) is 0.166. The van der Waals surface area contributed by atoms with Crippen LogP contribution < -0.4 is 10.6 Å². The fourth-order valence-electron chi connectivity index (χ4n) is 2.65. The van der Waals surface area contributed by atoms with Gasteiger partial charge in [0, 0.05) is 23.2 Å². The van der Waals surface area contributed by atoms with E-state index < -0.39 is 18.0 Å². The number of carbonyl (C=O) groups excluding carboxylic acids is 4. The Morgan fingerprint density at radius 3 is 2.13 bits per heavy atom. The summed E-state index contributed by atoms with van der Waals surface area (Å²) in [7, 11) is 0. The highest BCUT2D eigenvalue weighted by Crippen LogP contribution is 2.13. The van der Waals surface area contributed by atoms with Gasteiger partial charge in [0.25, 0.3) is 5.91 Å². The molecule has 2 aromatic rings. The Hall–Kier alpha value is -3.48. The second-order valence-electron chi connectivity index (χ2n) is 6.92. The molecule has 2 N–H and O–H groups in total. The van der Waals surface area contributed by atoms with Gasteiger partial charge in [-0.3, -0.25) is 19.2 Å². The Bertz CT molecular complexity index is 904. The number of ketones is 1. The molecule has 0 bridgehead atoms. The van der Waals surface area contributed by atoms with Crippen molar-refractivity contribution in [2.45, 2.75) is 39.7 Å². The fourth-order valence-corrected chi connectivity index (χ4v) is 2.65. The maximum atomic E-state index is 12.5. The summed E-state index contributed by atoms with van der Waals surface area (Å²) in [6.45, 7) is 4.96. The number of ether oxygens (including phenoxy) is 1. The molecule has 2 amide bonds. The van der Waals surface area contributed by atoms with Crippen LogP contribution in [0.4, 0.5) is 5.69 Å². The summed E-state index contributed by atoms with van der Waals surface area (Å²) in [5.74, 6) is -1.57. The summed E-state index contributed by atoms with van der Waals surface area (Å²) in [5.41, 5.74) is 2.40. The lowest BCUT2D eigenvalue weighted by molar-refractivity contribution is -0.145. The number of Topliss-reactive ketones (excluding diaryl/α,β-unsaturated/α-hetero) is 1. The second-order valence-corrected chi connectivity index (χ2v) is 6.92. The van der Waals surface area contributed by atoms with Gasteiger partial charge in [-0.25, -0.2) is 0 Å². The van der Waals surface area contributed by atoms with Gasteiger partial charge in [0.15, 0.2) is 6.10 Å². The van der Waals surface area contributed by atoms with Crippen LogP contribution in [0.25, 0.3) is 0 Å². The van der Waals surface area contributed by atoms with Gasteiger partial charge in [0.1, 0.15) is 6.54 Å². The molecular weight excluding hydrogens is 384 g/mol. The van der Waals surface area contributed by atoms with Crippen molar-refractivity contribution in [1.82, 2.24) is 5.32 Å². The van der Waals surface area contributed by atoms with Crippen LogP contribution in [0.15, 0.2) is 48.5 Å². The lowest BCUT2D eigenvalue weighted by atomic mass is 10.1. The van der Waals surface area contributed by atoms with Crippen molar-refractivity contribution >= 4 is 29.3 Å². The first-order valence-corrected chi connectivity index (χ1v) is 9.78. The zero-order valence-electron chi connectivity index (χ0n) is 17.4. The quantitative estimate of drug-likeness (QED) is 0.488. The minimum Gasteiger partial charge on any atom is -0.453 e. The van der Waals surface area contributed by atoms with Crippen LogP contribution in [0.5, 0.6) is 0 Å². The van der Waals surface area contributed by atoms with Gasteiger partial charge in [-0.05, 0) is 56.7 Å². The standard InChI is InChI=1S/C23H26N2O5/c1-4-5-20(26)25-19-12-10-17(11-13-19)22(28)16(3)30-21(27)14-24-23(29)18-8-6-15(2)7-9-18/h6-13,16H,4-5,14H2,1-3H3,(H,24,29)(H,25,26). The Morgan fingerprint density at radius 2 is 1.53 bits per heavy atom. The third-order valence-electron chi connectivity index (χ3n) is 4.31. The first kappa shape index (κ1) is 22.8. The molecule has 1 unspecified atom stereocenters. The molecule has 0 aliphatic heterocycles. The SMILES string of the molecule is CCCC(=O)Nc1ccc(C(=O)C(C)OC(=O)CNC(=O)c2ccc(C)cc2)cc1. The van der Waals surface area contributed by atoms with Gasteiger partial charge in [-0.2, -0.15) is 0 Å². The van der Waals surface area contributed by atoms with Crippen LogP contribution in [0.3, 0.4) is 0 Å². The number of hydrogen-bond donors (Lipinski definition) is 2. The van der Waals surface area contributed by atoms with E-state index in [9.17, 15) is 19.2 Å². The van der Waals surface area contributed by atoms with Gasteiger partial charge in [-0.15, -0.1) is 0 Å². The van der Waals surface area contributed by atoms with Crippen molar-refractivity contribution < 1.29 is 23.9 Å². The van der Waals surface area contributed by atoms with Crippen LogP contribution in [0.2, 0.25) is 0 Å². The maximum Gasteiger partial charge on any atom is 0.326 e. The number of esters is 1. The highest BCUT2D eigenvalue weighted by Gasteiger charge is 2.20. The third-order valence-corrected chi connectivity index (χ3v) is 4.31. The van der Waals surface area contributed by atoms with Gasteiger partial charge < -0.3 is 15.4 Å². The average molecular weight is 410 g/mol. The van der Waals surface area contributed by atoms with E-state index in [4.69, 9.17) is 4.74 Å². The normalized spacial score (nSPS) is 11.3. The lowest BCUT2D eigenvalue weighted by Gasteiger charge is -2.13. The number of benzene rings is 2. The topological polar surface area (TPSA) is 102 Å². The molecule has 0 saturated carbocycles. The summed E-state index contributed by atoms with van der Waals surface area (Å²) in [5, 5.41) is 5.21. The molecule has 1 atom stereocenters. The Morgan fingerprint density at radius 1 is 0.933 bits per heavy atom. The van der Waals surface area contributed by atoms with E-state index in [0.717, 1.165) is 12.0 Å². The highest BCUT2D eigenvalue weighted by molar-refractivity contribution is 6.01. The van der Waals surface area contributed by atoms with Crippen LogP contribution in [-0.2, 0) is 14.3 Å². The molecule has 0 radical (unpaired) electrons. The summed E-state index contributed by atoms with van der Waals surface area (Å²) >= 11 is 0. The first-order chi connectivity index (χ1) is 14.3. The molecule has 0 saturated heterocycles. The van der Waals surface area contributed by atoms with Crippen LogP contribution in [-0.4, -0.2) is 36.2 Å². The van der Waals surface area contributed by atoms with Crippen LogP contribution >= 0.6 is 0 Å². The minimum atomic E-state index is -1.01. The number of hydrogen-bond acceptors (Lipinski definition) is 5. The number of amides is 2. The number of nitrogens with one attached hydrogen (secondary N) is 2. The molecule has 7 heteroatoms. The lowest BCUT2D eigenvalue weighted by Crippen LogP contribution is -2.34. The predicted octanol–water partition coefficient (Wildman–Crippen LogP) is 3.28. The van der Waals surface area contributed by atoms with E-state index in [1.165, 1.54) is 6.92 Å². The van der Waals surface area contributed by atoms with Crippen molar-refractivity contribution in [1.29, 1.82) is 0 Å². The van der Waals surface area contributed by atoms with Crippen molar-refractivity contribution in [2.75, 3.05) is 11.9 Å². The van der Waals surface area contributed by atoms with Gasteiger partial charge >= 0.3 is 5.97 Å². The first-order valence-electron chi connectivity index (χ1n) is 9.78. The van der Waals surface area contributed by atoms with Crippen molar-refractivity contribution in [3.8, 4) is 0 Å². The molecule has 0 aliphatic carbocycles. The average Bonchev–Trinajstić information content (AvgIpc) is 2.72. The summed E-state index contributed by atoms with van der Waals surface area (Å²) in [6, 6.07) is 13.3. The maximum absolute atomic E-state index is 12.5. The Kier molecular flexibility index (Phi) is 8.29. The molecule has 158 valence electrons. The number of aryl methyl sites for hydroxylation is 1. The van der Waals surface area contributed by atoms with Crippen molar-refractivity contribution in [3.05, 3.63) is 65.2 Å². The molecule has 7 nitrogen and oxygen atoms in total. The number of carbonyl (C=O) groups is 4. The molecule has 0 spiro atoms. The van der Waals surface area contributed by atoms with Gasteiger partial charge in [0.05, 0.1) is 0 Å². The smallest absolute Gasteiger partial charge is 0.326 e. The van der Waals surface area contributed by atoms with E-state index in [-0.39, 0.29) is 18.2 Å². The van der Waals surface area contributed by atoms with E-state index in [1.54, 1.807) is 48.5 Å². The van der Waals surface area contributed by atoms with E-state index in [0.29, 0.717) is 23.2 Å². The van der Waals surface area contributed by atoms with E-state index >= 15 is 0 Å². The molecule has 2 aromatic carbocycles. The largest absolute Gasteiger partial charge is 0.453 e. The second kappa shape index (κ2) is 10.9. The van der Waals surface area contributed by atoms with Crippen LogP contribution in [0, 0.1) is 6.92 Å². The van der Waals surface area contributed by atoms with E-state index in [2.05, 4.69) is 10.6 Å². The molecular formula is C23H26N2O5. The van der Waals surface area contributed by atoms with Gasteiger partial charge in [-0.1, -0.05) is 24.6 Å². The van der Waals surface area contributed by atoms with Crippen LogP contribution in [0.1, 0.15) is 53.0 Å². The Balaban J connectivity index is 1.84. The molecule has 0 aliphatic rings. The van der Waals surface area contributed by atoms with E-state index in [1.807, 2.05) is 13.8 Å². The molecule has 0 aromatic heterocycles. The number of anilines is 1. The minimum absolute atomic E-state index is 0.0911. The molecule has 30 heavy (non-hydrogen) atoms. The van der Waals surface area contributed by atoms with Gasteiger partial charge in [0.2, 0.25) is 11.7 Å². The zero-order chi connectivity index (χ0) is 22.1. The monoisotopic (exact) mass is 410 g/mol. The summed E-state index contributed by atoms with van der Waals surface area (Å²) in [4.78, 5) is 48.1. The molecule has 0 fully saturated rings. The zero-order valence-corrected chi connectivity index (χ0v) is 17.4. The Labute approximate surface area is 175 Å². The summed E-state index contributed by atoms with van der Waals surface area (Å²) < 4.78 is 5.13. The fraction of sp³-hybridized carbons (Fsp3) is 0.304. The van der Waals surface area contributed by atoms with Crippen molar-refractivity contribution in [2.24, 2.45) is 0 Å².